The van der Waals surface area contributed by atoms with Gasteiger partial charge in [-0.3, -0.25) is 4.55 Å². The molecule has 0 aliphatic carbocycles. The molecule has 0 aliphatic heterocycles. The van der Waals surface area contributed by atoms with E-state index in [0.717, 1.165) is 10.8 Å². The second-order valence-electron chi connectivity index (χ2n) is 6.74. The van der Waals surface area contributed by atoms with Gasteiger partial charge in [0.2, 0.25) is 0 Å². The number of rotatable bonds is 6. The number of nitrogen functional groups attached to an aromatic ring is 2. The van der Waals surface area contributed by atoms with Gasteiger partial charge in [0.15, 0.2) is 11.4 Å². The molecular weight excluding hydrogens is 450 g/mol. The van der Waals surface area contributed by atoms with Crippen LogP contribution in [0.25, 0.3) is 21.8 Å². The smallest absolute Gasteiger partial charge is 0.446 e. The van der Waals surface area contributed by atoms with E-state index in [2.05, 4.69) is 19.4 Å². The Hall–Kier alpha value is -4.00. The summed E-state index contributed by atoms with van der Waals surface area (Å²) in [7, 11) is -4.75. The molecule has 7 N–H and O–H groups in total. The van der Waals surface area contributed by atoms with Gasteiger partial charge in [0.1, 0.15) is 5.75 Å². The van der Waals surface area contributed by atoms with Crippen LogP contribution in [0.1, 0.15) is 6.92 Å². The lowest BCUT2D eigenvalue weighted by atomic mass is 10.1. The molecule has 0 spiro atoms. The van der Waals surface area contributed by atoms with Crippen LogP contribution in [0.15, 0.2) is 64.8 Å². The number of nitrogens with two attached hydrogens (primary N) is 2. The third kappa shape index (κ3) is 5.09. The Balaban J connectivity index is 0.00000306. The van der Waals surface area contributed by atoms with Gasteiger partial charge >= 0.3 is 10.4 Å². The molecular formula is C21H21N5O6S. The molecule has 3 aromatic carbocycles. The molecule has 0 aliphatic rings. The van der Waals surface area contributed by atoms with Crippen molar-refractivity contribution >= 4 is 55.0 Å². The first-order valence-corrected chi connectivity index (χ1v) is 10.8. The first-order chi connectivity index (χ1) is 15.2. The Morgan fingerprint density at radius 3 is 2.52 bits per heavy atom. The van der Waals surface area contributed by atoms with Crippen molar-refractivity contribution in [1.82, 2.24) is 4.98 Å². The number of nitrogens with zero attached hydrogens (tertiary/aromatic N) is 3. The highest BCUT2D eigenvalue weighted by Crippen LogP contribution is 2.37. The van der Waals surface area contributed by atoms with Crippen molar-refractivity contribution in [2.45, 2.75) is 6.92 Å². The average Bonchev–Trinajstić information content (AvgIpc) is 2.73. The topological polar surface area (TPSA) is 194 Å². The molecule has 0 bridgehead atoms. The molecule has 0 atom stereocenters. The van der Waals surface area contributed by atoms with E-state index in [1.165, 1.54) is 18.2 Å². The highest BCUT2D eigenvalue weighted by molar-refractivity contribution is 7.81. The van der Waals surface area contributed by atoms with Gasteiger partial charge in [-0.05, 0) is 55.5 Å². The fourth-order valence-electron chi connectivity index (χ4n) is 3.20. The number of azo groups is 1. The van der Waals surface area contributed by atoms with Crippen LogP contribution < -0.4 is 20.4 Å². The molecule has 0 radical (unpaired) electrons. The summed E-state index contributed by atoms with van der Waals surface area (Å²) in [6, 6.07) is 14.9. The van der Waals surface area contributed by atoms with Crippen LogP contribution in [0, 0.1) is 0 Å². The molecule has 0 fully saturated rings. The van der Waals surface area contributed by atoms with Crippen molar-refractivity contribution in [3.05, 3.63) is 54.6 Å². The molecule has 1 aromatic heterocycles. The van der Waals surface area contributed by atoms with E-state index >= 15 is 0 Å². The summed E-state index contributed by atoms with van der Waals surface area (Å²) in [5, 5.41) is 9.64. The van der Waals surface area contributed by atoms with Crippen LogP contribution in [-0.4, -0.2) is 30.0 Å². The second-order valence-corrected chi connectivity index (χ2v) is 7.77. The summed E-state index contributed by atoms with van der Waals surface area (Å²) in [5.74, 6) is 0.456. The van der Waals surface area contributed by atoms with E-state index in [0.29, 0.717) is 34.8 Å². The Bertz CT molecular complexity index is 1470. The van der Waals surface area contributed by atoms with Gasteiger partial charge in [0, 0.05) is 10.8 Å². The van der Waals surface area contributed by atoms with Gasteiger partial charge in [-0.2, -0.15) is 13.5 Å². The molecule has 11 nitrogen and oxygen atoms in total. The Labute approximate surface area is 188 Å². The summed E-state index contributed by atoms with van der Waals surface area (Å²) in [6.45, 7) is 2.45. The Morgan fingerprint density at radius 2 is 1.79 bits per heavy atom. The Morgan fingerprint density at radius 1 is 1.00 bits per heavy atom. The van der Waals surface area contributed by atoms with Gasteiger partial charge < -0.3 is 25.9 Å². The molecule has 4 aromatic rings. The Kier molecular flexibility index (Phi) is 6.62. The minimum Gasteiger partial charge on any atom is -0.494 e. The number of anilines is 2. The van der Waals surface area contributed by atoms with Crippen LogP contribution in [-0.2, 0) is 10.4 Å². The molecule has 1 heterocycles. The maximum atomic E-state index is 11.1. The number of ether oxygens (including phenoxy) is 1. The van der Waals surface area contributed by atoms with Crippen LogP contribution in [0.3, 0.4) is 0 Å². The number of hydrogen-bond acceptors (Lipinski definition) is 9. The van der Waals surface area contributed by atoms with E-state index in [1.54, 1.807) is 18.2 Å². The SMILES string of the molecule is CCOc1ccc2nc3cc(N=Nc4c(N)cccc4OS(=O)(=O)O)ccc3c(N)c2c1.O. The van der Waals surface area contributed by atoms with E-state index in [-0.39, 0.29) is 22.6 Å². The molecule has 0 amide bonds. The zero-order chi connectivity index (χ0) is 22.9. The lowest BCUT2D eigenvalue weighted by Crippen LogP contribution is -2.07. The second kappa shape index (κ2) is 9.24. The maximum absolute atomic E-state index is 11.1. The zero-order valence-corrected chi connectivity index (χ0v) is 18.2. The number of hydrogen-bond donors (Lipinski definition) is 3. The van der Waals surface area contributed by atoms with Crippen LogP contribution in [0.4, 0.5) is 22.7 Å². The predicted octanol–water partition coefficient (Wildman–Crippen LogP) is 3.72. The molecule has 33 heavy (non-hydrogen) atoms. The van der Waals surface area contributed by atoms with Gasteiger partial charge in [0.25, 0.3) is 0 Å². The van der Waals surface area contributed by atoms with Gasteiger partial charge in [-0.25, -0.2) is 4.98 Å². The minimum atomic E-state index is -4.75. The maximum Gasteiger partial charge on any atom is 0.446 e. The number of aromatic nitrogens is 1. The fourth-order valence-corrected chi connectivity index (χ4v) is 3.56. The lowest BCUT2D eigenvalue weighted by molar-refractivity contribution is 0.340. The summed E-state index contributed by atoms with van der Waals surface area (Å²) in [6.07, 6.45) is 0. The van der Waals surface area contributed by atoms with Gasteiger partial charge in [-0.15, -0.1) is 5.11 Å². The zero-order valence-electron chi connectivity index (χ0n) is 17.4. The average molecular weight is 471 g/mol. The van der Waals surface area contributed by atoms with Gasteiger partial charge in [0.05, 0.1) is 34.7 Å². The van der Waals surface area contributed by atoms with Crippen molar-refractivity contribution in [2.75, 3.05) is 18.1 Å². The first-order valence-electron chi connectivity index (χ1n) is 9.48. The molecule has 12 heteroatoms. The van der Waals surface area contributed by atoms with Crippen LogP contribution in [0.2, 0.25) is 0 Å². The molecule has 0 saturated heterocycles. The minimum absolute atomic E-state index is 0. The molecule has 172 valence electrons. The van der Waals surface area contributed by atoms with Crippen LogP contribution in [0.5, 0.6) is 11.5 Å². The van der Waals surface area contributed by atoms with E-state index in [9.17, 15) is 8.42 Å². The predicted molar refractivity (Wildman–Crippen MR) is 126 cm³/mol. The van der Waals surface area contributed by atoms with Crippen molar-refractivity contribution in [2.24, 2.45) is 10.2 Å². The lowest BCUT2D eigenvalue weighted by Gasteiger charge is -2.09. The van der Waals surface area contributed by atoms with Gasteiger partial charge in [-0.1, -0.05) is 6.07 Å². The van der Waals surface area contributed by atoms with E-state index in [1.807, 2.05) is 25.1 Å². The van der Waals surface area contributed by atoms with E-state index < -0.39 is 10.4 Å². The summed E-state index contributed by atoms with van der Waals surface area (Å²) < 4.78 is 41.2. The fraction of sp³-hybridized carbons (Fsp3) is 0.0952. The highest BCUT2D eigenvalue weighted by atomic mass is 32.3. The normalized spacial score (nSPS) is 11.6. The molecule has 0 unspecified atom stereocenters. The molecule has 4 rings (SSSR count). The van der Waals surface area contributed by atoms with Crippen molar-refractivity contribution in [3.8, 4) is 11.5 Å². The van der Waals surface area contributed by atoms with Crippen molar-refractivity contribution < 1.29 is 27.4 Å². The standard InChI is InChI=1S/C21H19N5O5S.H2O/c1-2-30-13-7-9-17-15(11-13)20(23)14-8-6-12(10-18(14)24-17)25-26-21-16(22)4-3-5-19(21)31-32(27,28)29;/h3-11H,2,22H2,1H3,(H2,23,24)(H,27,28,29);1H2. The quantitative estimate of drug-likeness (QED) is 0.164. The summed E-state index contributed by atoms with van der Waals surface area (Å²) >= 11 is 0. The first kappa shape index (κ1) is 23.7. The summed E-state index contributed by atoms with van der Waals surface area (Å²) in [4.78, 5) is 4.64. The number of fused-ring (bicyclic) bond motifs is 2. The number of benzene rings is 3. The summed E-state index contributed by atoms with van der Waals surface area (Å²) in [5.41, 5.74) is 14.6. The highest BCUT2D eigenvalue weighted by Gasteiger charge is 2.14. The monoisotopic (exact) mass is 471 g/mol. The largest absolute Gasteiger partial charge is 0.494 e. The van der Waals surface area contributed by atoms with Crippen molar-refractivity contribution in [3.63, 3.8) is 0 Å². The third-order valence-electron chi connectivity index (χ3n) is 4.57. The van der Waals surface area contributed by atoms with E-state index in [4.69, 9.17) is 20.8 Å². The number of pyridine rings is 1. The third-order valence-corrected chi connectivity index (χ3v) is 4.96. The van der Waals surface area contributed by atoms with Crippen molar-refractivity contribution in [1.29, 1.82) is 0 Å². The molecule has 0 saturated carbocycles. The van der Waals surface area contributed by atoms with Crippen LogP contribution >= 0.6 is 0 Å².